The molecule has 1 fully saturated rings. The Balaban J connectivity index is 2.05. The van der Waals surface area contributed by atoms with Gasteiger partial charge in [-0.15, -0.1) is 12.3 Å². The maximum absolute atomic E-state index is 11.6. The molecular weight excluding hydrogens is 214 g/mol. The molecule has 0 bridgehead atoms. The fraction of sp³-hybridized carbons (Fsp3) is 0.769. The van der Waals surface area contributed by atoms with E-state index in [0.29, 0.717) is 6.54 Å². The molecule has 0 aromatic carbocycles. The highest BCUT2D eigenvalue weighted by atomic mass is 16.2. The van der Waals surface area contributed by atoms with E-state index in [4.69, 9.17) is 6.42 Å². The fourth-order valence-electron chi connectivity index (χ4n) is 1.90. The zero-order valence-corrected chi connectivity index (χ0v) is 10.5. The molecule has 1 heterocycles. The number of hydrogen-bond acceptors (Lipinski definition) is 3. The van der Waals surface area contributed by atoms with Crippen molar-refractivity contribution in [3.8, 4) is 12.3 Å². The summed E-state index contributed by atoms with van der Waals surface area (Å²) >= 11 is 0. The number of hydrogen-bond donors (Lipinski definition) is 2. The summed E-state index contributed by atoms with van der Waals surface area (Å²) in [6, 6.07) is 0. The largest absolute Gasteiger partial charge is 0.355 e. The predicted octanol–water partition coefficient (Wildman–Crippen LogP) is 0.201. The molecule has 0 atom stereocenters. The van der Waals surface area contributed by atoms with Crippen molar-refractivity contribution in [2.24, 2.45) is 0 Å². The Morgan fingerprint density at radius 1 is 1.35 bits per heavy atom. The Morgan fingerprint density at radius 3 is 3.06 bits per heavy atom. The lowest BCUT2D eigenvalue weighted by molar-refractivity contribution is -0.122. The molecule has 4 heteroatoms. The molecule has 4 nitrogen and oxygen atoms in total. The van der Waals surface area contributed by atoms with Crippen molar-refractivity contribution in [1.29, 1.82) is 0 Å². The minimum Gasteiger partial charge on any atom is -0.355 e. The Labute approximate surface area is 104 Å². The fourth-order valence-corrected chi connectivity index (χ4v) is 1.90. The quantitative estimate of drug-likeness (QED) is 0.512. The molecule has 1 amide bonds. The first-order chi connectivity index (χ1) is 8.33. The highest BCUT2D eigenvalue weighted by Crippen LogP contribution is 1.95. The average Bonchev–Trinajstić information content (AvgIpc) is 2.57. The molecule has 0 aromatic rings. The van der Waals surface area contributed by atoms with Crippen LogP contribution < -0.4 is 10.6 Å². The van der Waals surface area contributed by atoms with Gasteiger partial charge in [-0.3, -0.25) is 9.69 Å². The third-order valence-corrected chi connectivity index (χ3v) is 2.87. The zero-order chi connectivity index (χ0) is 12.3. The van der Waals surface area contributed by atoms with Crippen LogP contribution in [0.25, 0.3) is 0 Å². The molecule has 96 valence electrons. The summed E-state index contributed by atoms with van der Waals surface area (Å²) in [6.45, 7) is 5.28. The highest BCUT2D eigenvalue weighted by molar-refractivity contribution is 5.77. The second-order valence-corrected chi connectivity index (χ2v) is 4.39. The van der Waals surface area contributed by atoms with Crippen LogP contribution in [-0.2, 0) is 4.79 Å². The van der Waals surface area contributed by atoms with Crippen LogP contribution in [0.2, 0.25) is 0 Å². The maximum atomic E-state index is 11.6. The molecule has 2 N–H and O–H groups in total. The molecule has 0 aromatic heterocycles. The van der Waals surface area contributed by atoms with Crippen molar-refractivity contribution >= 4 is 5.91 Å². The molecule has 0 spiro atoms. The van der Waals surface area contributed by atoms with Gasteiger partial charge in [0.05, 0.1) is 6.54 Å². The summed E-state index contributed by atoms with van der Waals surface area (Å²) in [5, 5.41) is 6.26. The van der Waals surface area contributed by atoms with Crippen LogP contribution in [0.15, 0.2) is 0 Å². The lowest BCUT2D eigenvalue weighted by Crippen LogP contribution is -2.39. The van der Waals surface area contributed by atoms with Gasteiger partial charge in [0.2, 0.25) is 5.91 Å². The van der Waals surface area contributed by atoms with Crippen molar-refractivity contribution in [2.75, 3.05) is 39.3 Å². The topological polar surface area (TPSA) is 44.4 Å². The number of terminal acetylenes is 1. The van der Waals surface area contributed by atoms with Crippen LogP contribution in [0.4, 0.5) is 0 Å². The van der Waals surface area contributed by atoms with Crippen LogP contribution >= 0.6 is 0 Å². The molecule has 1 saturated heterocycles. The molecule has 1 rings (SSSR count). The molecular formula is C13H23N3O. The Kier molecular flexibility index (Phi) is 7.44. The summed E-state index contributed by atoms with van der Waals surface area (Å²) in [6.07, 6.45) is 9.04. The smallest absolute Gasteiger partial charge is 0.234 e. The van der Waals surface area contributed by atoms with Crippen LogP contribution in [0, 0.1) is 12.3 Å². The second kappa shape index (κ2) is 9.03. The summed E-state index contributed by atoms with van der Waals surface area (Å²) < 4.78 is 0. The minimum absolute atomic E-state index is 0.132. The van der Waals surface area contributed by atoms with Gasteiger partial charge < -0.3 is 10.6 Å². The number of nitrogens with one attached hydrogen (secondary N) is 2. The van der Waals surface area contributed by atoms with E-state index < -0.39 is 0 Å². The molecule has 0 aliphatic carbocycles. The number of rotatable bonds is 6. The van der Waals surface area contributed by atoms with Crippen molar-refractivity contribution < 1.29 is 4.79 Å². The number of carbonyl (C=O) groups excluding carboxylic acids is 1. The lowest BCUT2D eigenvalue weighted by atomic mass is 10.2. The van der Waals surface area contributed by atoms with Gasteiger partial charge in [-0.05, 0) is 32.4 Å². The number of amides is 1. The van der Waals surface area contributed by atoms with Crippen LogP contribution in [0.5, 0.6) is 0 Å². The molecule has 17 heavy (non-hydrogen) atoms. The van der Waals surface area contributed by atoms with Crippen molar-refractivity contribution in [3.63, 3.8) is 0 Å². The third kappa shape index (κ3) is 6.98. The van der Waals surface area contributed by atoms with E-state index in [1.54, 1.807) is 0 Å². The van der Waals surface area contributed by atoms with E-state index in [1.807, 2.05) is 0 Å². The Hall–Kier alpha value is -1.05. The number of unbranched alkanes of at least 4 members (excludes halogenated alkanes) is 2. The van der Waals surface area contributed by atoms with E-state index >= 15 is 0 Å². The lowest BCUT2D eigenvalue weighted by Gasteiger charge is -2.18. The Bertz CT molecular complexity index is 252. The first-order valence-electron chi connectivity index (χ1n) is 6.46. The number of nitrogens with zero attached hydrogens (tertiary/aromatic N) is 1. The van der Waals surface area contributed by atoms with E-state index in [-0.39, 0.29) is 5.91 Å². The van der Waals surface area contributed by atoms with E-state index in [1.165, 1.54) is 0 Å². The van der Waals surface area contributed by atoms with E-state index in [0.717, 1.165) is 58.4 Å². The summed E-state index contributed by atoms with van der Waals surface area (Å²) in [5.74, 6) is 2.73. The van der Waals surface area contributed by atoms with Crippen molar-refractivity contribution in [1.82, 2.24) is 15.5 Å². The van der Waals surface area contributed by atoms with Gasteiger partial charge in [-0.2, -0.15) is 0 Å². The SMILES string of the molecule is C#CCCCCNC(=O)CN1CCCNCC1. The maximum Gasteiger partial charge on any atom is 0.234 e. The normalized spacial score (nSPS) is 17.1. The monoisotopic (exact) mass is 237 g/mol. The first kappa shape index (κ1) is 14.0. The summed E-state index contributed by atoms with van der Waals surface area (Å²) in [4.78, 5) is 13.8. The van der Waals surface area contributed by atoms with Crippen LogP contribution in [0.1, 0.15) is 25.7 Å². The highest BCUT2D eigenvalue weighted by Gasteiger charge is 2.11. The van der Waals surface area contributed by atoms with Crippen LogP contribution in [-0.4, -0.2) is 50.1 Å². The second-order valence-electron chi connectivity index (χ2n) is 4.39. The Morgan fingerprint density at radius 2 is 2.24 bits per heavy atom. The molecule has 0 unspecified atom stereocenters. The zero-order valence-electron chi connectivity index (χ0n) is 10.5. The molecule has 0 radical (unpaired) electrons. The average molecular weight is 237 g/mol. The minimum atomic E-state index is 0.132. The third-order valence-electron chi connectivity index (χ3n) is 2.87. The molecule has 1 aliphatic heterocycles. The van der Waals surface area contributed by atoms with Gasteiger partial charge in [0.15, 0.2) is 0 Å². The van der Waals surface area contributed by atoms with E-state index in [9.17, 15) is 4.79 Å². The standard InChI is InChI=1S/C13H23N3O/c1-2-3-4-5-8-15-13(17)12-16-10-6-7-14-9-11-16/h1,14H,3-12H2,(H,15,17). The van der Waals surface area contributed by atoms with Gasteiger partial charge in [0.25, 0.3) is 0 Å². The predicted molar refractivity (Wildman–Crippen MR) is 69.6 cm³/mol. The van der Waals surface area contributed by atoms with Gasteiger partial charge in [0.1, 0.15) is 0 Å². The van der Waals surface area contributed by atoms with Crippen molar-refractivity contribution in [3.05, 3.63) is 0 Å². The summed E-state index contributed by atoms with van der Waals surface area (Å²) in [7, 11) is 0. The molecule has 0 saturated carbocycles. The van der Waals surface area contributed by atoms with Crippen molar-refractivity contribution in [2.45, 2.75) is 25.7 Å². The van der Waals surface area contributed by atoms with Gasteiger partial charge >= 0.3 is 0 Å². The van der Waals surface area contributed by atoms with Crippen LogP contribution in [0.3, 0.4) is 0 Å². The van der Waals surface area contributed by atoms with E-state index in [2.05, 4.69) is 21.5 Å². The first-order valence-corrected chi connectivity index (χ1v) is 6.46. The number of carbonyl (C=O) groups is 1. The van der Waals surface area contributed by atoms with Gasteiger partial charge in [-0.1, -0.05) is 0 Å². The summed E-state index contributed by atoms with van der Waals surface area (Å²) in [5.41, 5.74) is 0. The van der Waals surface area contributed by atoms with Gasteiger partial charge in [0, 0.05) is 26.1 Å². The molecule has 1 aliphatic rings. The van der Waals surface area contributed by atoms with Gasteiger partial charge in [-0.25, -0.2) is 0 Å².